The minimum Gasteiger partial charge on any atom is -0.356 e. The van der Waals surface area contributed by atoms with E-state index in [2.05, 4.69) is 5.32 Å². The van der Waals surface area contributed by atoms with Gasteiger partial charge in [0.2, 0.25) is 5.91 Å². The van der Waals surface area contributed by atoms with Crippen LogP contribution in [0.15, 0.2) is 0 Å². The van der Waals surface area contributed by atoms with Crippen LogP contribution in [0, 0.1) is 11.8 Å². The highest BCUT2D eigenvalue weighted by atomic mass is 32.2. The van der Waals surface area contributed by atoms with E-state index >= 15 is 0 Å². The van der Waals surface area contributed by atoms with Crippen molar-refractivity contribution in [2.45, 2.75) is 20.3 Å². The molecule has 5 heteroatoms. The second kappa shape index (κ2) is 7.82. The van der Waals surface area contributed by atoms with Crippen LogP contribution in [0.25, 0.3) is 0 Å². The summed E-state index contributed by atoms with van der Waals surface area (Å²) in [7, 11) is -0.778. The summed E-state index contributed by atoms with van der Waals surface area (Å²) in [6.45, 7) is 4.93. The summed E-state index contributed by atoms with van der Waals surface area (Å²) in [5.41, 5.74) is 5.52. The van der Waals surface area contributed by atoms with E-state index in [4.69, 9.17) is 5.73 Å². The molecule has 0 aliphatic carbocycles. The Morgan fingerprint density at radius 2 is 2.07 bits per heavy atom. The molecule has 0 aromatic carbocycles. The lowest BCUT2D eigenvalue weighted by Crippen LogP contribution is -2.38. The quantitative estimate of drug-likeness (QED) is 0.614. The first kappa shape index (κ1) is 14.6. The van der Waals surface area contributed by atoms with Crippen molar-refractivity contribution in [3.05, 3.63) is 0 Å². The Bertz CT molecular complexity index is 219. The molecule has 15 heavy (non-hydrogen) atoms. The van der Waals surface area contributed by atoms with E-state index in [1.807, 2.05) is 13.8 Å². The van der Waals surface area contributed by atoms with Crippen LogP contribution in [0.4, 0.5) is 0 Å². The van der Waals surface area contributed by atoms with Gasteiger partial charge in [-0.15, -0.1) is 0 Å². The van der Waals surface area contributed by atoms with Crippen molar-refractivity contribution in [1.82, 2.24) is 5.32 Å². The van der Waals surface area contributed by atoms with Gasteiger partial charge in [0.1, 0.15) is 0 Å². The minimum atomic E-state index is -0.778. The van der Waals surface area contributed by atoms with Crippen molar-refractivity contribution in [3.8, 4) is 0 Å². The van der Waals surface area contributed by atoms with Gasteiger partial charge in [-0.2, -0.15) is 0 Å². The second-order valence-corrected chi connectivity index (χ2v) is 5.56. The van der Waals surface area contributed by atoms with Gasteiger partial charge in [0.15, 0.2) is 0 Å². The molecule has 0 bridgehead atoms. The molecule has 2 atom stereocenters. The number of nitrogens with two attached hydrogens (primary N) is 1. The molecule has 0 heterocycles. The first-order chi connectivity index (χ1) is 6.99. The Balaban J connectivity index is 3.77. The SMILES string of the molecule is CC(C)C(CN)C(=O)NCCCS(C)=O. The molecule has 0 radical (unpaired) electrons. The highest BCUT2D eigenvalue weighted by Gasteiger charge is 2.19. The van der Waals surface area contributed by atoms with Crippen LogP contribution >= 0.6 is 0 Å². The zero-order valence-corrected chi connectivity index (χ0v) is 10.6. The van der Waals surface area contributed by atoms with Crippen molar-refractivity contribution >= 4 is 16.7 Å². The Morgan fingerprint density at radius 1 is 1.47 bits per heavy atom. The van der Waals surface area contributed by atoms with Crippen LogP contribution in [0.1, 0.15) is 20.3 Å². The lowest BCUT2D eigenvalue weighted by molar-refractivity contribution is -0.125. The molecule has 0 fully saturated rings. The monoisotopic (exact) mass is 234 g/mol. The van der Waals surface area contributed by atoms with Gasteiger partial charge in [-0.1, -0.05) is 13.8 Å². The number of rotatable bonds is 7. The lowest BCUT2D eigenvalue weighted by Gasteiger charge is -2.17. The highest BCUT2D eigenvalue weighted by Crippen LogP contribution is 2.08. The molecule has 0 aromatic rings. The molecule has 0 spiro atoms. The fourth-order valence-corrected chi connectivity index (χ4v) is 1.85. The molecule has 1 amide bonds. The molecule has 3 N–H and O–H groups in total. The van der Waals surface area contributed by atoms with Crippen LogP contribution in [-0.4, -0.2) is 35.2 Å². The third kappa shape index (κ3) is 6.62. The van der Waals surface area contributed by atoms with Crippen molar-refractivity contribution in [2.75, 3.05) is 25.1 Å². The van der Waals surface area contributed by atoms with Crippen molar-refractivity contribution in [2.24, 2.45) is 17.6 Å². The zero-order chi connectivity index (χ0) is 11.8. The number of carbonyl (C=O) groups excluding carboxylic acids is 1. The molecule has 0 rings (SSSR count). The average Bonchev–Trinajstić information content (AvgIpc) is 2.12. The van der Waals surface area contributed by atoms with Gasteiger partial charge < -0.3 is 11.1 Å². The third-order valence-electron chi connectivity index (χ3n) is 2.30. The fourth-order valence-electron chi connectivity index (χ4n) is 1.30. The standard InChI is InChI=1S/C10H22N2O2S/c1-8(2)9(7-11)10(13)12-5-4-6-15(3)14/h8-9H,4-7,11H2,1-3H3,(H,12,13). The maximum Gasteiger partial charge on any atom is 0.224 e. The summed E-state index contributed by atoms with van der Waals surface area (Å²) in [6, 6.07) is 0. The van der Waals surface area contributed by atoms with Crippen LogP contribution in [-0.2, 0) is 15.6 Å². The summed E-state index contributed by atoms with van der Waals surface area (Å²) < 4.78 is 10.8. The molecule has 2 unspecified atom stereocenters. The number of hydrogen-bond donors (Lipinski definition) is 2. The summed E-state index contributed by atoms with van der Waals surface area (Å²) in [5, 5.41) is 2.82. The fraction of sp³-hybridized carbons (Fsp3) is 0.900. The first-order valence-electron chi connectivity index (χ1n) is 5.26. The second-order valence-electron chi connectivity index (χ2n) is 4.01. The summed E-state index contributed by atoms with van der Waals surface area (Å²) >= 11 is 0. The molecular formula is C10H22N2O2S. The maximum atomic E-state index is 11.6. The van der Waals surface area contributed by atoms with Crippen LogP contribution in [0.2, 0.25) is 0 Å². The van der Waals surface area contributed by atoms with Crippen molar-refractivity contribution in [1.29, 1.82) is 0 Å². The Kier molecular flexibility index (Phi) is 7.60. The van der Waals surface area contributed by atoms with E-state index in [9.17, 15) is 9.00 Å². The Hall–Kier alpha value is -0.420. The average molecular weight is 234 g/mol. The summed E-state index contributed by atoms with van der Waals surface area (Å²) in [5.74, 6) is 0.789. The summed E-state index contributed by atoms with van der Waals surface area (Å²) in [4.78, 5) is 11.6. The van der Waals surface area contributed by atoms with Crippen molar-refractivity contribution < 1.29 is 9.00 Å². The van der Waals surface area contributed by atoms with Gasteiger partial charge in [-0.05, 0) is 12.3 Å². The smallest absolute Gasteiger partial charge is 0.224 e. The van der Waals surface area contributed by atoms with Gasteiger partial charge in [0, 0.05) is 35.9 Å². The maximum absolute atomic E-state index is 11.6. The molecule has 4 nitrogen and oxygen atoms in total. The van der Waals surface area contributed by atoms with Gasteiger partial charge in [0.25, 0.3) is 0 Å². The van der Waals surface area contributed by atoms with E-state index in [0.717, 1.165) is 6.42 Å². The van der Waals surface area contributed by atoms with E-state index in [0.29, 0.717) is 18.8 Å². The van der Waals surface area contributed by atoms with Gasteiger partial charge in [0.05, 0.1) is 5.92 Å². The van der Waals surface area contributed by atoms with E-state index in [-0.39, 0.29) is 17.7 Å². The Morgan fingerprint density at radius 3 is 2.47 bits per heavy atom. The predicted molar refractivity (Wildman–Crippen MR) is 63.9 cm³/mol. The van der Waals surface area contributed by atoms with Crippen molar-refractivity contribution in [3.63, 3.8) is 0 Å². The van der Waals surface area contributed by atoms with Gasteiger partial charge in [-0.25, -0.2) is 0 Å². The summed E-state index contributed by atoms with van der Waals surface area (Å²) in [6.07, 6.45) is 2.42. The third-order valence-corrected chi connectivity index (χ3v) is 3.17. The molecule has 90 valence electrons. The van der Waals surface area contributed by atoms with E-state index in [1.54, 1.807) is 6.26 Å². The van der Waals surface area contributed by atoms with E-state index in [1.165, 1.54) is 0 Å². The largest absolute Gasteiger partial charge is 0.356 e. The molecule has 0 aliphatic rings. The molecule has 0 saturated heterocycles. The number of nitrogens with one attached hydrogen (secondary N) is 1. The number of carbonyl (C=O) groups is 1. The molecule has 0 saturated carbocycles. The normalized spacial score (nSPS) is 15.0. The highest BCUT2D eigenvalue weighted by molar-refractivity contribution is 7.84. The van der Waals surface area contributed by atoms with E-state index < -0.39 is 10.8 Å². The van der Waals surface area contributed by atoms with Crippen LogP contribution in [0.5, 0.6) is 0 Å². The topological polar surface area (TPSA) is 72.2 Å². The molecular weight excluding hydrogens is 212 g/mol. The predicted octanol–water partition coefficient (Wildman–Crippen LogP) is 0.102. The van der Waals surface area contributed by atoms with Gasteiger partial charge >= 0.3 is 0 Å². The minimum absolute atomic E-state index is 0.00869. The Labute approximate surface area is 94.4 Å². The molecule has 0 aromatic heterocycles. The number of amides is 1. The molecule has 0 aliphatic heterocycles. The van der Waals surface area contributed by atoms with Gasteiger partial charge in [-0.3, -0.25) is 9.00 Å². The lowest BCUT2D eigenvalue weighted by atomic mass is 9.95. The first-order valence-corrected chi connectivity index (χ1v) is 6.99. The van der Waals surface area contributed by atoms with Crippen LogP contribution < -0.4 is 11.1 Å². The zero-order valence-electron chi connectivity index (χ0n) is 9.79. The number of hydrogen-bond acceptors (Lipinski definition) is 3. The van der Waals surface area contributed by atoms with Crippen LogP contribution in [0.3, 0.4) is 0 Å².